The molecule has 228 valence electrons. The number of aliphatic hydroxyl groups is 1. The number of carbonyl (C=O) groups excluding carboxylic acids is 3. The van der Waals surface area contributed by atoms with Crippen molar-refractivity contribution >= 4 is 23.4 Å². The molecule has 3 fully saturated rings. The fraction of sp³-hybridized carbons (Fsp3) is 0.457. The third-order valence-corrected chi connectivity index (χ3v) is 9.82. The van der Waals surface area contributed by atoms with Gasteiger partial charge in [-0.15, -0.1) is 13.2 Å². The molecule has 7 atom stereocenters. The molecule has 0 aliphatic carbocycles. The molecule has 3 aliphatic rings. The van der Waals surface area contributed by atoms with Crippen LogP contribution in [0.15, 0.2) is 86.0 Å². The van der Waals surface area contributed by atoms with E-state index in [1.54, 1.807) is 22.0 Å². The molecule has 8 heteroatoms. The first-order valence-corrected chi connectivity index (χ1v) is 15.1. The monoisotopic (exact) mass is 585 g/mol. The average molecular weight is 586 g/mol. The van der Waals surface area contributed by atoms with E-state index in [2.05, 4.69) is 13.2 Å². The molecule has 2 aromatic carbocycles. The van der Waals surface area contributed by atoms with Crippen LogP contribution in [0, 0.1) is 17.8 Å². The van der Waals surface area contributed by atoms with Gasteiger partial charge in [0.25, 0.3) is 0 Å². The van der Waals surface area contributed by atoms with Crippen molar-refractivity contribution in [1.29, 1.82) is 0 Å². The molecule has 2 bridgehead atoms. The molecule has 1 N–H and O–H groups in total. The van der Waals surface area contributed by atoms with Crippen LogP contribution in [0.2, 0.25) is 0 Å². The lowest BCUT2D eigenvalue weighted by molar-refractivity contribution is -0.156. The molecule has 5 rings (SSSR count). The number of fused-ring (bicyclic) bond motifs is 1. The van der Waals surface area contributed by atoms with Crippen molar-refractivity contribution in [1.82, 2.24) is 9.80 Å². The maximum Gasteiger partial charge on any atom is 0.248 e. The summed E-state index contributed by atoms with van der Waals surface area (Å²) in [6, 6.07) is 16.6. The SMILES string of the molecule is C=CCN(C(=O)[C@@H]1[C@H]2C(=O)N([C@H](CO)c3ccccc3)C(C(=O)N(CC=C)C(C)C)C23CC(C)[C@@]1(C)O3)c1ccccc1. The summed E-state index contributed by atoms with van der Waals surface area (Å²) in [6.07, 6.45) is 3.78. The Morgan fingerprint density at radius 1 is 1.05 bits per heavy atom. The zero-order chi connectivity index (χ0) is 31.1. The summed E-state index contributed by atoms with van der Waals surface area (Å²) < 4.78 is 6.96. The van der Waals surface area contributed by atoms with Crippen LogP contribution in [0.5, 0.6) is 0 Å². The number of likely N-dealkylation sites (tertiary alicyclic amines) is 1. The number of nitrogens with zero attached hydrogens (tertiary/aromatic N) is 3. The number of carbonyl (C=O) groups is 3. The van der Waals surface area contributed by atoms with Gasteiger partial charge in [-0.2, -0.15) is 0 Å². The molecular formula is C35H43N3O5. The highest BCUT2D eigenvalue weighted by atomic mass is 16.5. The van der Waals surface area contributed by atoms with Crippen LogP contribution in [0.1, 0.15) is 45.7 Å². The molecule has 0 radical (unpaired) electrons. The van der Waals surface area contributed by atoms with Gasteiger partial charge in [0.15, 0.2) is 0 Å². The molecule has 3 unspecified atom stereocenters. The van der Waals surface area contributed by atoms with E-state index < -0.39 is 35.1 Å². The summed E-state index contributed by atoms with van der Waals surface area (Å²) in [5.74, 6) is -2.70. The van der Waals surface area contributed by atoms with Gasteiger partial charge in [-0.05, 0) is 50.8 Å². The maximum atomic E-state index is 14.8. The zero-order valence-electron chi connectivity index (χ0n) is 25.6. The molecule has 1 spiro atoms. The molecule has 3 saturated heterocycles. The van der Waals surface area contributed by atoms with Crippen LogP contribution in [0.3, 0.4) is 0 Å². The van der Waals surface area contributed by atoms with Gasteiger partial charge < -0.3 is 24.5 Å². The predicted molar refractivity (Wildman–Crippen MR) is 166 cm³/mol. The van der Waals surface area contributed by atoms with E-state index in [0.29, 0.717) is 24.2 Å². The highest BCUT2D eigenvalue weighted by Crippen LogP contribution is 2.66. The molecule has 3 aliphatic heterocycles. The summed E-state index contributed by atoms with van der Waals surface area (Å²) in [7, 11) is 0. The van der Waals surface area contributed by atoms with Crippen LogP contribution in [-0.2, 0) is 19.1 Å². The Kier molecular flexibility index (Phi) is 8.38. The van der Waals surface area contributed by atoms with Crippen molar-refractivity contribution in [2.24, 2.45) is 17.8 Å². The van der Waals surface area contributed by atoms with Gasteiger partial charge in [-0.3, -0.25) is 14.4 Å². The number of hydrogen-bond acceptors (Lipinski definition) is 5. The van der Waals surface area contributed by atoms with Gasteiger partial charge >= 0.3 is 0 Å². The third-order valence-electron chi connectivity index (χ3n) is 9.82. The van der Waals surface area contributed by atoms with E-state index in [-0.39, 0.29) is 42.8 Å². The number of para-hydroxylation sites is 1. The maximum absolute atomic E-state index is 14.8. The Hall–Kier alpha value is -3.75. The number of anilines is 1. The minimum atomic E-state index is -1.24. The fourth-order valence-electron chi connectivity index (χ4n) is 7.78. The predicted octanol–water partition coefficient (Wildman–Crippen LogP) is 4.37. The van der Waals surface area contributed by atoms with Crippen LogP contribution in [0.25, 0.3) is 0 Å². The van der Waals surface area contributed by atoms with Crippen molar-refractivity contribution in [3.05, 3.63) is 91.5 Å². The molecular weight excluding hydrogens is 542 g/mol. The second kappa shape index (κ2) is 11.7. The largest absolute Gasteiger partial charge is 0.394 e. The lowest BCUT2D eigenvalue weighted by Crippen LogP contribution is -2.58. The number of aliphatic hydroxyl groups excluding tert-OH is 1. The lowest BCUT2D eigenvalue weighted by atomic mass is 9.62. The molecule has 3 amide bonds. The lowest BCUT2D eigenvalue weighted by Gasteiger charge is -2.40. The first-order valence-electron chi connectivity index (χ1n) is 15.1. The second-order valence-electron chi connectivity index (χ2n) is 12.5. The number of hydrogen-bond donors (Lipinski definition) is 1. The van der Waals surface area contributed by atoms with Crippen molar-refractivity contribution in [2.45, 2.75) is 63.4 Å². The van der Waals surface area contributed by atoms with Crippen LogP contribution in [0.4, 0.5) is 5.69 Å². The van der Waals surface area contributed by atoms with Gasteiger partial charge in [-0.1, -0.05) is 67.6 Å². The molecule has 8 nitrogen and oxygen atoms in total. The minimum absolute atomic E-state index is 0.113. The van der Waals surface area contributed by atoms with Crippen molar-refractivity contribution in [3.8, 4) is 0 Å². The number of benzene rings is 2. The first kappa shape index (κ1) is 30.7. The highest BCUT2D eigenvalue weighted by molar-refractivity contribution is 6.03. The molecule has 0 aromatic heterocycles. The Balaban J connectivity index is 1.68. The molecule has 2 aromatic rings. The average Bonchev–Trinajstić information content (AvgIpc) is 3.52. The minimum Gasteiger partial charge on any atom is -0.394 e. The van der Waals surface area contributed by atoms with Gasteiger partial charge in [-0.25, -0.2) is 0 Å². The molecule has 43 heavy (non-hydrogen) atoms. The van der Waals surface area contributed by atoms with Gasteiger partial charge in [0.2, 0.25) is 17.7 Å². The van der Waals surface area contributed by atoms with Crippen LogP contribution in [-0.4, -0.2) is 75.6 Å². The topological polar surface area (TPSA) is 90.4 Å². The number of amides is 3. The highest BCUT2D eigenvalue weighted by Gasteiger charge is 2.80. The van der Waals surface area contributed by atoms with Gasteiger partial charge in [0.1, 0.15) is 11.6 Å². The fourth-order valence-corrected chi connectivity index (χ4v) is 7.78. The van der Waals surface area contributed by atoms with Crippen molar-refractivity contribution < 1.29 is 24.2 Å². The van der Waals surface area contributed by atoms with E-state index in [1.807, 2.05) is 88.4 Å². The first-order chi connectivity index (χ1) is 20.6. The summed E-state index contributed by atoms with van der Waals surface area (Å²) >= 11 is 0. The number of ether oxygens (including phenoxy) is 1. The smallest absolute Gasteiger partial charge is 0.248 e. The Morgan fingerprint density at radius 2 is 1.65 bits per heavy atom. The zero-order valence-corrected chi connectivity index (χ0v) is 25.6. The second-order valence-corrected chi connectivity index (χ2v) is 12.5. The summed E-state index contributed by atoms with van der Waals surface area (Å²) in [5, 5.41) is 10.8. The number of rotatable bonds is 11. The summed E-state index contributed by atoms with van der Waals surface area (Å²) in [5.41, 5.74) is -0.805. The van der Waals surface area contributed by atoms with Gasteiger partial charge in [0, 0.05) is 24.8 Å². The Morgan fingerprint density at radius 3 is 2.21 bits per heavy atom. The van der Waals surface area contributed by atoms with E-state index in [9.17, 15) is 19.5 Å². The summed E-state index contributed by atoms with van der Waals surface area (Å²) in [6.45, 7) is 15.7. The van der Waals surface area contributed by atoms with Crippen molar-refractivity contribution in [2.75, 3.05) is 24.6 Å². The molecule has 3 heterocycles. The quantitative estimate of drug-likeness (QED) is 0.396. The molecule has 0 saturated carbocycles. The van der Waals surface area contributed by atoms with Crippen molar-refractivity contribution in [3.63, 3.8) is 0 Å². The standard InChI is InChI=1S/C35H43N3O5/c1-7-19-36(23(3)4)33(42)30-35-21-24(5)34(6,43-35)28(31(40)37(20-8-2)26-17-13-10-14-18-26)29(35)32(41)38(30)27(22-39)25-15-11-9-12-16-25/h7-18,23-24,27-30,39H,1-2,19-22H2,3-6H3/t24?,27-,28+,29+,30?,34-,35?/m1/s1. The van der Waals surface area contributed by atoms with E-state index in [0.717, 1.165) is 0 Å². The third kappa shape index (κ3) is 4.71. The summed E-state index contributed by atoms with van der Waals surface area (Å²) in [4.78, 5) is 49.1. The Bertz CT molecular complexity index is 1380. The van der Waals surface area contributed by atoms with Gasteiger partial charge in [0.05, 0.1) is 30.1 Å². The van der Waals surface area contributed by atoms with E-state index in [1.165, 1.54) is 4.90 Å². The van der Waals surface area contributed by atoms with E-state index in [4.69, 9.17) is 4.74 Å². The normalized spacial score (nSPS) is 29.8. The van der Waals surface area contributed by atoms with Crippen LogP contribution < -0.4 is 4.90 Å². The van der Waals surface area contributed by atoms with Crippen LogP contribution >= 0.6 is 0 Å². The van der Waals surface area contributed by atoms with E-state index >= 15 is 0 Å². The Labute approximate surface area is 254 Å².